The number of phenolic OH excluding ortho intramolecular Hbond substituents is 1. The standard InChI is InChI=1S/C11H12N2O2/c1-13-6-7(10(15)5-12)11-8(13)3-2-4-9(11)14/h2-4,6,14H,5,12H2,1H3. The highest BCUT2D eigenvalue weighted by Gasteiger charge is 2.14. The number of carbonyl (C=O) groups excluding carboxylic acids is 1. The molecular formula is C11H12N2O2. The highest BCUT2D eigenvalue weighted by molar-refractivity contribution is 6.10. The number of benzene rings is 1. The number of aromatic nitrogens is 1. The summed E-state index contributed by atoms with van der Waals surface area (Å²) >= 11 is 0. The van der Waals surface area contributed by atoms with Crippen LogP contribution in [0.4, 0.5) is 0 Å². The Morgan fingerprint density at radius 3 is 2.93 bits per heavy atom. The summed E-state index contributed by atoms with van der Waals surface area (Å²) < 4.78 is 1.80. The maximum absolute atomic E-state index is 11.5. The second-order valence-corrected chi connectivity index (χ2v) is 3.45. The molecule has 1 aromatic heterocycles. The number of aryl methyl sites for hydroxylation is 1. The normalized spacial score (nSPS) is 10.8. The van der Waals surface area contributed by atoms with Gasteiger partial charge in [0.15, 0.2) is 5.78 Å². The Morgan fingerprint density at radius 1 is 1.53 bits per heavy atom. The first-order chi connectivity index (χ1) is 7.15. The van der Waals surface area contributed by atoms with E-state index >= 15 is 0 Å². The Morgan fingerprint density at radius 2 is 2.27 bits per heavy atom. The second-order valence-electron chi connectivity index (χ2n) is 3.45. The lowest BCUT2D eigenvalue weighted by Gasteiger charge is -1.98. The van der Waals surface area contributed by atoms with Crippen molar-refractivity contribution in [1.29, 1.82) is 0 Å². The van der Waals surface area contributed by atoms with Crippen molar-refractivity contribution in [3.8, 4) is 5.75 Å². The summed E-state index contributed by atoms with van der Waals surface area (Å²) in [4.78, 5) is 11.5. The average Bonchev–Trinajstić information content (AvgIpc) is 2.57. The minimum Gasteiger partial charge on any atom is -0.507 e. The zero-order valence-corrected chi connectivity index (χ0v) is 8.40. The van der Waals surface area contributed by atoms with Crippen LogP contribution in [0.25, 0.3) is 10.9 Å². The molecule has 0 aliphatic carbocycles. The second kappa shape index (κ2) is 3.40. The number of rotatable bonds is 2. The molecule has 0 aliphatic heterocycles. The fourth-order valence-corrected chi connectivity index (χ4v) is 1.75. The van der Waals surface area contributed by atoms with E-state index in [1.807, 2.05) is 13.1 Å². The van der Waals surface area contributed by atoms with Gasteiger partial charge < -0.3 is 15.4 Å². The lowest BCUT2D eigenvalue weighted by atomic mass is 10.1. The lowest BCUT2D eigenvalue weighted by Crippen LogP contribution is -2.13. The van der Waals surface area contributed by atoms with E-state index in [9.17, 15) is 9.90 Å². The van der Waals surface area contributed by atoms with Gasteiger partial charge in [0.1, 0.15) is 5.75 Å². The van der Waals surface area contributed by atoms with Crippen molar-refractivity contribution < 1.29 is 9.90 Å². The van der Waals surface area contributed by atoms with Crippen LogP contribution in [0.3, 0.4) is 0 Å². The molecule has 3 N–H and O–H groups in total. The number of hydrogen-bond donors (Lipinski definition) is 2. The molecule has 0 bridgehead atoms. The summed E-state index contributed by atoms with van der Waals surface area (Å²) in [6, 6.07) is 5.16. The Balaban J connectivity index is 2.81. The molecule has 0 unspecified atom stereocenters. The zero-order chi connectivity index (χ0) is 11.0. The van der Waals surface area contributed by atoms with Crippen LogP contribution < -0.4 is 5.73 Å². The average molecular weight is 204 g/mol. The summed E-state index contributed by atoms with van der Waals surface area (Å²) in [6.45, 7) is -0.0482. The van der Waals surface area contributed by atoms with Crippen molar-refractivity contribution in [3.05, 3.63) is 30.0 Å². The summed E-state index contributed by atoms with van der Waals surface area (Å²) in [6.07, 6.45) is 1.69. The molecule has 0 saturated heterocycles. The number of carbonyl (C=O) groups is 1. The first kappa shape index (κ1) is 9.73. The number of nitrogens with two attached hydrogens (primary N) is 1. The van der Waals surface area contributed by atoms with Crippen LogP contribution in [0.15, 0.2) is 24.4 Å². The van der Waals surface area contributed by atoms with E-state index < -0.39 is 0 Å². The van der Waals surface area contributed by atoms with Crippen LogP contribution >= 0.6 is 0 Å². The van der Waals surface area contributed by atoms with E-state index in [2.05, 4.69) is 0 Å². The van der Waals surface area contributed by atoms with Crippen LogP contribution in [0.1, 0.15) is 10.4 Å². The maximum Gasteiger partial charge on any atom is 0.178 e. The first-order valence-corrected chi connectivity index (χ1v) is 4.65. The fourth-order valence-electron chi connectivity index (χ4n) is 1.75. The van der Waals surface area contributed by atoms with Crippen molar-refractivity contribution in [2.24, 2.45) is 12.8 Å². The SMILES string of the molecule is Cn1cc(C(=O)CN)c2c(O)cccc21. The van der Waals surface area contributed by atoms with Crippen molar-refractivity contribution in [2.75, 3.05) is 6.54 Å². The van der Waals surface area contributed by atoms with Gasteiger partial charge in [-0.1, -0.05) is 6.07 Å². The van der Waals surface area contributed by atoms with Crippen LogP contribution in [0.2, 0.25) is 0 Å². The van der Waals surface area contributed by atoms with E-state index in [1.54, 1.807) is 22.9 Å². The quantitative estimate of drug-likeness (QED) is 0.718. The van der Waals surface area contributed by atoms with E-state index in [0.29, 0.717) is 10.9 Å². The molecule has 4 nitrogen and oxygen atoms in total. The number of phenols is 1. The molecule has 0 spiro atoms. The summed E-state index contributed by atoms with van der Waals surface area (Å²) in [5, 5.41) is 10.3. The number of nitrogens with zero attached hydrogens (tertiary/aromatic N) is 1. The number of aromatic hydroxyl groups is 1. The van der Waals surface area contributed by atoms with Gasteiger partial charge in [-0.2, -0.15) is 0 Å². The molecule has 2 rings (SSSR count). The van der Waals surface area contributed by atoms with Gasteiger partial charge in [-0.15, -0.1) is 0 Å². The van der Waals surface area contributed by atoms with E-state index in [4.69, 9.17) is 5.73 Å². The fraction of sp³-hybridized carbons (Fsp3) is 0.182. The molecule has 1 heterocycles. The van der Waals surface area contributed by atoms with E-state index in [1.165, 1.54) is 0 Å². The molecule has 1 aromatic carbocycles. The van der Waals surface area contributed by atoms with Crippen LogP contribution in [-0.4, -0.2) is 22.0 Å². The predicted octanol–water partition coefficient (Wildman–Crippen LogP) is 1.03. The van der Waals surface area contributed by atoms with E-state index in [0.717, 1.165) is 5.52 Å². The number of Topliss-reactive ketones (excluding diaryl/α,β-unsaturated/α-hetero) is 1. The molecule has 0 fully saturated rings. The smallest absolute Gasteiger partial charge is 0.178 e. The van der Waals surface area contributed by atoms with Gasteiger partial charge in [-0.3, -0.25) is 4.79 Å². The topological polar surface area (TPSA) is 68.2 Å². The van der Waals surface area contributed by atoms with Crippen LogP contribution in [0, 0.1) is 0 Å². The van der Waals surface area contributed by atoms with Gasteiger partial charge >= 0.3 is 0 Å². The third kappa shape index (κ3) is 1.39. The minimum absolute atomic E-state index is 0.0482. The Labute approximate surface area is 86.9 Å². The molecule has 4 heteroatoms. The molecule has 78 valence electrons. The van der Waals surface area contributed by atoms with Gasteiger partial charge in [-0.25, -0.2) is 0 Å². The highest BCUT2D eigenvalue weighted by Crippen LogP contribution is 2.29. The molecule has 0 atom stereocenters. The molecule has 0 amide bonds. The molecular weight excluding hydrogens is 192 g/mol. The number of fused-ring (bicyclic) bond motifs is 1. The molecule has 0 radical (unpaired) electrons. The molecule has 0 saturated carbocycles. The Kier molecular flexibility index (Phi) is 2.21. The monoisotopic (exact) mass is 204 g/mol. The van der Waals surface area contributed by atoms with Gasteiger partial charge in [0.25, 0.3) is 0 Å². The largest absolute Gasteiger partial charge is 0.507 e. The molecule has 15 heavy (non-hydrogen) atoms. The number of hydrogen-bond acceptors (Lipinski definition) is 3. The summed E-state index contributed by atoms with van der Waals surface area (Å²) in [5.74, 6) is -0.0491. The third-order valence-corrected chi connectivity index (χ3v) is 2.48. The van der Waals surface area contributed by atoms with Crippen molar-refractivity contribution in [3.63, 3.8) is 0 Å². The molecule has 2 aromatic rings. The van der Waals surface area contributed by atoms with Gasteiger partial charge in [-0.05, 0) is 12.1 Å². The number of ketones is 1. The maximum atomic E-state index is 11.5. The van der Waals surface area contributed by atoms with E-state index in [-0.39, 0.29) is 18.1 Å². The Hall–Kier alpha value is -1.81. The first-order valence-electron chi connectivity index (χ1n) is 4.65. The van der Waals surface area contributed by atoms with Crippen molar-refractivity contribution in [2.45, 2.75) is 0 Å². The van der Waals surface area contributed by atoms with Crippen LogP contribution in [0.5, 0.6) is 5.75 Å². The summed E-state index contributed by atoms with van der Waals surface area (Å²) in [5.41, 5.74) is 6.62. The zero-order valence-electron chi connectivity index (χ0n) is 8.40. The molecule has 0 aliphatic rings. The van der Waals surface area contributed by atoms with Crippen LogP contribution in [-0.2, 0) is 7.05 Å². The van der Waals surface area contributed by atoms with Crippen molar-refractivity contribution >= 4 is 16.7 Å². The highest BCUT2D eigenvalue weighted by atomic mass is 16.3. The van der Waals surface area contributed by atoms with Gasteiger partial charge in [0, 0.05) is 18.8 Å². The minimum atomic E-state index is -0.165. The third-order valence-electron chi connectivity index (χ3n) is 2.48. The lowest BCUT2D eigenvalue weighted by molar-refractivity contribution is 0.100. The van der Waals surface area contributed by atoms with Crippen molar-refractivity contribution in [1.82, 2.24) is 4.57 Å². The van der Waals surface area contributed by atoms with Gasteiger partial charge in [0.05, 0.1) is 17.4 Å². The van der Waals surface area contributed by atoms with Gasteiger partial charge in [0.2, 0.25) is 0 Å². The summed E-state index contributed by atoms with van der Waals surface area (Å²) in [7, 11) is 1.83. The Bertz CT molecular complexity index is 529. The predicted molar refractivity (Wildman–Crippen MR) is 58.0 cm³/mol.